The van der Waals surface area contributed by atoms with Crippen LogP contribution in [0.1, 0.15) is 35.7 Å². The molecule has 4 nitrogen and oxygen atoms in total. The van der Waals surface area contributed by atoms with E-state index in [0.717, 1.165) is 25.3 Å². The topological polar surface area (TPSA) is 44.8 Å². The Hall–Kier alpha value is -2.20. The highest BCUT2D eigenvalue weighted by molar-refractivity contribution is 5.79. The molecule has 3 aromatic rings. The average molecular weight is 306 g/mol. The zero-order chi connectivity index (χ0) is 15.6. The second-order valence-electron chi connectivity index (χ2n) is 6.54. The van der Waals surface area contributed by atoms with Crippen LogP contribution in [0.2, 0.25) is 0 Å². The van der Waals surface area contributed by atoms with Gasteiger partial charge in [-0.3, -0.25) is 14.9 Å². The first-order valence-electron chi connectivity index (χ1n) is 8.35. The Labute approximate surface area is 136 Å². The third-order valence-corrected chi connectivity index (χ3v) is 4.80. The summed E-state index contributed by atoms with van der Waals surface area (Å²) < 4.78 is 0. The van der Waals surface area contributed by atoms with Gasteiger partial charge in [0.15, 0.2) is 0 Å². The summed E-state index contributed by atoms with van der Waals surface area (Å²) in [4.78, 5) is 14.7. The fourth-order valence-electron chi connectivity index (χ4n) is 3.53. The van der Waals surface area contributed by atoms with Gasteiger partial charge in [-0.15, -0.1) is 0 Å². The molecule has 1 saturated heterocycles. The van der Waals surface area contributed by atoms with Crippen molar-refractivity contribution in [2.75, 3.05) is 13.1 Å². The number of aromatic amines is 1. The van der Waals surface area contributed by atoms with Crippen molar-refractivity contribution in [1.82, 2.24) is 19.9 Å². The zero-order valence-electron chi connectivity index (χ0n) is 13.5. The Balaban J connectivity index is 1.39. The van der Waals surface area contributed by atoms with E-state index in [-0.39, 0.29) is 0 Å². The summed E-state index contributed by atoms with van der Waals surface area (Å²) in [6.45, 7) is 5.31. The first-order chi connectivity index (χ1) is 11.3. The molecule has 0 spiro atoms. The van der Waals surface area contributed by atoms with Crippen molar-refractivity contribution in [3.05, 3.63) is 59.8 Å². The van der Waals surface area contributed by atoms with E-state index in [1.54, 1.807) is 0 Å². The van der Waals surface area contributed by atoms with Gasteiger partial charge in [0.2, 0.25) is 0 Å². The van der Waals surface area contributed by atoms with Crippen LogP contribution in [-0.4, -0.2) is 32.9 Å². The summed E-state index contributed by atoms with van der Waals surface area (Å²) in [5.74, 6) is 0.561. The van der Waals surface area contributed by atoms with Gasteiger partial charge < -0.3 is 4.98 Å². The number of aromatic nitrogens is 3. The minimum atomic E-state index is 0.561. The SMILES string of the molecule is Cc1cncc(C2CCN(Cc3ccc4[nH]ccc4c3)CC2)n1. The molecule has 0 radical (unpaired) electrons. The molecule has 0 unspecified atom stereocenters. The Bertz CT molecular complexity index is 800. The predicted molar refractivity (Wildman–Crippen MR) is 92.3 cm³/mol. The fraction of sp³-hybridized carbons (Fsp3) is 0.368. The van der Waals surface area contributed by atoms with Gasteiger partial charge in [0.1, 0.15) is 0 Å². The second-order valence-corrected chi connectivity index (χ2v) is 6.54. The van der Waals surface area contributed by atoms with Gasteiger partial charge in [-0.05, 0) is 62.0 Å². The molecule has 3 heterocycles. The maximum atomic E-state index is 4.65. The molecule has 2 aromatic heterocycles. The average Bonchev–Trinajstić information content (AvgIpc) is 3.03. The number of H-pyrrole nitrogens is 1. The van der Waals surface area contributed by atoms with E-state index in [0.29, 0.717) is 5.92 Å². The molecule has 23 heavy (non-hydrogen) atoms. The maximum Gasteiger partial charge on any atom is 0.0621 e. The molecule has 4 rings (SSSR count). The van der Waals surface area contributed by atoms with Crippen LogP contribution in [0.25, 0.3) is 10.9 Å². The van der Waals surface area contributed by atoms with Gasteiger partial charge in [-0.2, -0.15) is 0 Å². The van der Waals surface area contributed by atoms with Crippen LogP contribution in [0.4, 0.5) is 0 Å². The highest BCUT2D eigenvalue weighted by atomic mass is 15.1. The van der Waals surface area contributed by atoms with Crippen LogP contribution in [0.3, 0.4) is 0 Å². The van der Waals surface area contributed by atoms with Crippen molar-refractivity contribution in [2.24, 2.45) is 0 Å². The number of rotatable bonds is 3. The molecule has 0 bridgehead atoms. The molecule has 4 heteroatoms. The van der Waals surface area contributed by atoms with Gasteiger partial charge in [0.25, 0.3) is 0 Å². The summed E-state index contributed by atoms with van der Waals surface area (Å²) >= 11 is 0. The lowest BCUT2D eigenvalue weighted by molar-refractivity contribution is 0.203. The first kappa shape index (κ1) is 14.4. The highest BCUT2D eigenvalue weighted by Crippen LogP contribution is 2.27. The van der Waals surface area contributed by atoms with E-state index >= 15 is 0 Å². The number of aryl methyl sites for hydroxylation is 1. The minimum absolute atomic E-state index is 0.561. The molecule has 0 amide bonds. The molecule has 1 fully saturated rings. The van der Waals surface area contributed by atoms with Crippen LogP contribution in [-0.2, 0) is 6.54 Å². The number of hydrogen-bond donors (Lipinski definition) is 1. The van der Waals surface area contributed by atoms with Crippen LogP contribution in [0.5, 0.6) is 0 Å². The molecule has 0 aliphatic carbocycles. The number of nitrogens with zero attached hydrogens (tertiary/aromatic N) is 3. The standard InChI is InChI=1S/C19H22N4/c1-14-11-20-12-19(22-14)16-5-8-23(9-6-16)13-15-2-3-18-17(10-15)4-7-21-18/h2-4,7,10-12,16,21H,5-6,8-9,13H2,1H3. The first-order valence-corrected chi connectivity index (χ1v) is 8.35. The van der Waals surface area contributed by atoms with E-state index in [1.165, 1.54) is 35.0 Å². The number of likely N-dealkylation sites (tertiary alicyclic amines) is 1. The van der Waals surface area contributed by atoms with Crippen molar-refractivity contribution in [3.8, 4) is 0 Å². The van der Waals surface area contributed by atoms with E-state index < -0.39 is 0 Å². The summed E-state index contributed by atoms with van der Waals surface area (Å²) in [6.07, 6.45) is 8.11. The molecule has 1 aromatic carbocycles. The smallest absolute Gasteiger partial charge is 0.0621 e. The summed E-state index contributed by atoms with van der Waals surface area (Å²) in [6, 6.07) is 8.85. The summed E-state index contributed by atoms with van der Waals surface area (Å²) in [5, 5.41) is 1.30. The van der Waals surface area contributed by atoms with Crippen LogP contribution in [0.15, 0.2) is 42.9 Å². The van der Waals surface area contributed by atoms with Gasteiger partial charge >= 0.3 is 0 Å². The van der Waals surface area contributed by atoms with Crippen molar-refractivity contribution >= 4 is 10.9 Å². The zero-order valence-corrected chi connectivity index (χ0v) is 13.5. The van der Waals surface area contributed by atoms with Gasteiger partial charge in [0.05, 0.1) is 11.4 Å². The highest BCUT2D eigenvalue weighted by Gasteiger charge is 2.22. The van der Waals surface area contributed by atoms with Crippen LogP contribution < -0.4 is 0 Å². The maximum absolute atomic E-state index is 4.65. The lowest BCUT2D eigenvalue weighted by atomic mass is 9.93. The van der Waals surface area contributed by atoms with Crippen molar-refractivity contribution in [1.29, 1.82) is 0 Å². The Kier molecular flexibility index (Phi) is 3.83. The molecule has 0 saturated carbocycles. The van der Waals surface area contributed by atoms with E-state index in [2.05, 4.69) is 44.1 Å². The molecule has 1 N–H and O–H groups in total. The molecule has 118 valence electrons. The molecule has 1 aliphatic heterocycles. The Morgan fingerprint density at radius 2 is 2.04 bits per heavy atom. The van der Waals surface area contributed by atoms with Crippen molar-refractivity contribution in [2.45, 2.75) is 32.2 Å². The fourth-order valence-corrected chi connectivity index (χ4v) is 3.53. The Morgan fingerprint density at radius 3 is 2.87 bits per heavy atom. The van der Waals surface area contributed by atoms with Gasteiger partial charge in [-0.25, -0.2) is 0 Å². The minimum Gasteiger partial charge on any atom is -0.361 e. The van der Waals surface area contributed by atoms with Crippen molar-refractivity contribution in [3.63, 3.8) is 0 Å². The largest absolute Gasteiger partial charge is 0.361 e. The van der Waals surface area contributed by atoms with Crippen LogP contribution in [0, 0.1) is 6.92 Å². The lowest BCUT2D eigenvalue weighted by Gasteiger charge is -2.31. The number of benzene rings is 1. The van der Waals surface area contributed by atoms with E-state index in [9.17, 15) is 0 Å². The number of piperidine rings is 1. The number of nitrogens with one attached hydrogen (secondary N) is 1. The third-order valence-electron chi connectivity index (χ3n) is 4.80. The van der Waals surface area contributed by atoms with Gasteiger partial charge in [0, 0.05) is 36.6 Å². The summed E-state index contributed by atoms with van der Waals surface area (Å²) in [7, 11) is 0. The molecule has 0 atom stereocenters. The quantitative estimate of drug-likeness (QED) is 0.803. The van der Waals surface area contributed by atoms with E-state index in [1.807, 2.05) is 25.5 Å². The third kappa shape index (κ3) is 3.13. The summed E-state index contributed by atoms with van der Waals surface area (Å²) in [5.41, 5.74) is 4.79. The molecule has 1 aliphatic rings. The van der Waals surface area contributed by atoms with Crippen molar-refractivity contribution < 1.29 is 0 Å². The second kappa shape index (κ2) is 6.13. The molecular weight excluding hydrogens is 284 g/mol. The van der Waals surface area contributed by atoms with Gasteiger partial charge in [-0.1, -0.05) is 6.07 Å². The predicted octanol–water partition coefficient (Wildman–Crippen LogP) is 3.65. The lowest BCUT2D eigenvalue weighted by Crippen LogP contribution is -2.32. The normalized spacial score (nSPS) is 16.9. The Morgan fingerprint density at radius 1 is 1.17 bits per heavy atom. The van der Waals surface area contributed by atoms with E-state index in [4.69, 9.17) is 0 Å². The number of fused-ring (bicyclic) bond motifs is 1. The molecular formula is C19H22N4. The monoisotopic (exact) mass is 306 g/mol. The van der Waals surface area contributed by atoms with Crippen LogP contribution >= 0.6 is 0 Å². The number of hydrogen-bond acceptors (Lipinski definition) is 3.